The molecule has 0 spiro atoms. The van der Waals surface area contributed by atoms with Crippen molar-refractivity contribution in [3.05, 3.63) is 35.9 Å². The van der Waals surface area contributed by atoms with Crippen LogP contribution in [0.5, 0.6) is 0 Å². The van der Waals surface area contributed by atoms with Crippen LogP contribution in [0.15, 0.2) is 30.3 Å². The van der Waals surface area contributed by atoms with Gasteiger partial charge in [0.1, 0.15) is 0 Å². The zero-order valence-corrected chi connectivity index (χ0v) is 14.0. The Kier molecular flexibility index (Phi) is 5.71. The lowest BCUT2D eigenvalue weighted by atomic mass is 10.1. The van der Waals surface area contributed by atoms with E-state index in [2.05, 4.69) is 0 Å². The summed E-state index contributed by atoms with van der Waals surface area (Å²) in [5, 5.41) is 0. The molecule has 24 heavy (non-hydrogen) atoms. The number of hydrogen-bond acceptors (Lipinski definition) is 5. The maximum absolute atomic E-state index is 12.8. The zero-order valence-electron chi connectivity index (χ0n) is 13.1. The second-order valence-corrected chi connectivity index (χ2v) is 6.87. The van der Waals surface area contributed by atoms with E-state index in [9.17, 15) is 21.9 Å². The first-order valence-corrected chi connectivity index (χ1v) is 9.01. The van der Waals surface area contributed by atoms with Crippen LogP contribution in [0.2, 0.25) is 0 Å². The van der Waals surface area contributed by atoms with Gasteiger partial charge >= 0.3 is 16.2 Å². The van der Waals surface area contributed by atoms with Crippen LogP contribution in [-0.4, -0.2) is 39.2 Å². The Balaban J connectivity index is 2.03. The Morgan fingerprint density at radius 1 is 1.38 bits per heavy atom. The Bertz CT molecular complexity index is 742. The van der Waals surface area contributed by atoms with Gasteiger partial charge in [-0.3, -0.25) is 4.79 Å². The molecule has 6 nitrogen and oxygen atoms in total. The summed E-state index contributed by atoms with van der Waals surface area (Å²) in [6.45, 7) is 2.18. The molecule has 8 heteroatoms. The third-order valence-electron chi connectivity index (χ3n) is 3.54. The smallest absolute Gasteiger partial charge is 0.330 e. The molecule has 1 heterocycles. The van der Waals surface area contributed by atoms with Crippen molar-refractivity contribution in [2.45, 2.75) is 13.3 Å². The molecular weight excluding hydrogens is 337 g/mol. The van der Waals surface area contributed by atoms with Gasteiger partial charge in [-0.25, -0.2) is 4.79 Å². The summed E-state index contributed by atoms with van der Waals surface area (Å²) in [4.78, 5) is 24.7. The van der Waals surface area contributed by atoms with E-state index < -0.39 is 27.9 Å². The van der Waals surface area contributed by atoms with Crippen LogP contribution in [0.1, 0.15) is 18.9 Å². The first-order chi connectivity index (χ1) is 11.3. The molecule has 1 unspecified atom stereocenters. The number of carbonyl (C=O) groups excluding carboxylic acids is 2. The summed E-state index contributed by atoms with van der Waals surface area (Å²) < 4.78 is 39.0. The second-order valence-electron chi connectivity index (χ2n) is 5.46. The lowest BCUT2D eigenvalue weighted by Gasteiger charge is -2.16. The molecule has 1 saturated heterocycles. The standard InChI is InChI=1S/C16H18FNO5S/c1-2-23-16(20)8-5-12-3-6-14(7-4-12)18-10-13(9-15(18)19)11-24(17,21)22/h3-8,13H,2,9-11H2,1H3/b8-5+. The third-order valence-corrected chi connectivity index (χ3v) is 4.41. The molecule has 2 rings (SSSR count). The number of benzene rings is 1. The van der Waals surface area contributed by atoms with Gasteiger partial charge < -0.3 is 9.64 Å². The van der Waals surface area contributed by atoms with Gasteiger partial charge in [0.25, 0.3) is 0 Å². The fourth-order valence-electron chi connectivity index (χ4n) is 2.54. The van der Waals surface area contributed by atoms with Crippen LogP contribution in [0.3, 0.4) is 0 Å². The van der Waals surface area contributed by atoms with Crippen molar-refractivity contribution in [3.63, 3.8) is 0 Å². The van der Waals surface area contributed by atoms with Crippen molar-refractivity contribution < 1.29 is 26.6 Å². The molecule has 1 aromatic carbocycles. The molecule has 1 fully saturated rings. The highest BCUT2D eigenvalue weighted by atomic mass is 32.3. The SMILES string of the molecule is CCOC(=O)/C=C/c1ccc(N2CC(CS(=O)(=O)F)CC2=O)cc1. The number of amides is 1. The second kappa shape index (κ2) is 7.57. The van der Waals surface area contributed by atoms with Crippen LogP contribution >= 0.6 is 0 Å². The Labute approximate surface area is 140 Å². The van der Waals surface area contributed by atoms with Gasteiger partial charge in [0.2, 0.25) is 5.91 Å². The van der Waals surface area contributed by atoms with Gasteiger partial charge in [0.05, 0.1) is 12.4 Å². The predicted molar refractivity (Wildman–Crippen MR) is 87.5 cm³/mol. The van der Waals surface area contributed by atoms with E-state index >= 15 is 0 Å². The molecule has 1 aliphatic rings. The molecule has 0 aliphatic carbocycles. The molecule has 0 N–H and O–H groups in total. The lowest BCUT2D eigenvalue weighted by molar-refractivity contribution is -0.137. The minimum absolute atomic E-state index is 0.00760. The molecule has 0 bridgehead atoms. The Morgan fingerprint density at radius 2 is 2.04 bits per heavy atom. The van der Waals surface area contributed by atoms with E-state index in [4.69, 9.17) is 4.74 Å². The van der Waals surface area contributed by atoms with Crippen molar-refractivity contribution in [1.82, 2.24) is 0 Å². The van der Waals surface area contributed by atoms with E-state index in [1.165, 1.54) is 11.0 Å². The molecule has 0 aromatic heterocycles. The Hall–Kier alpha value is -2.22. The molecule has 0 saturated carbocycles. The number of esters is 1. The van der Waals surface area contributed by atoms with Crippen LogP contribution in [0.4, 0.5) is 9.57 Å². The zero-order chi connectivity index (χ0) is 17.7. The van der Waals surface area contributed by atoms with Crippen LogP contribution in [-0.2, 0) is 24.5 Å². The maximum atomic E-state index is 12.8. The van der Waals surface area contributed by atoms with E-state index in [0.717, 1.165) is 5.56 Å². The number of ether oxygens (including phenoxy) is 1. The van der Waals surface area contributed by atoms with Gasteiger partial charge in [-0.05, 0) is 30.7 Å². The minimum Gasteiger partial charge on any atom is -0.463 e. The molecule has 1 amide bonds. The van der Waals surface area contributed by atoms with E-state index in [-0.39, 0.29) is 18.9 Å². The van der Waals surface area contributed by atoms with Crippen molar-refractivity contribution in [2.75, 3.05) is 23.8 Å². The number of hydrogen-bond donors (Lipinski definition) is 0. The van der Waals surface area contributed by atoms with E-state index in [1.54, 1.807) is 37.3 Å². The predicted octanol–water partition coefficient (Wildman–Crippen LogP) is 1.92. The molecule has 1 aliphatic heterocycles. The van der Waals surface area contributed by atoms with Crippen molar-refractivity contribution in [1.29, 1.82) is 0 Å². The monoisotopic (exact) mass is 355 g/mol. The number of anilines is 1. The highest BCUT2D eigenvalue weighted by Crippen LogP contribution is 2.26. The van der Waals surface area contributed by atoms with Crippen LogP contribution < -0.4 is 4.90 Å². The quantitative estimate of drug-likeness (QED) is 0.442. The fourth-order valence-corrected chi connectivity index (χ4v) is 3.33. The van der Waals surface area contributed by atoms with E-state index in [0.29, 0.717) is 12.3 Å². The van der Waals surface area contributed by atoms with Gasteiger partial charge in [-0.2, -0.15) is 8.42 Å². The number of rotatable bonds is 6. The topological polar surface area (TPSA) is 80.8 Å². The molecule has 0 radical (unpaired) electrons. The van der Waals surface area contributed by atoms with Crippen molar-refractivity contribution in [3.8, 4) is 0 Å². The van der Waals surface area contributed by atoms with Gasteiger partial charge in [-0.1, -0.05) is 12.1 Å². The van der Waals surface area contributed by atoms with Crippen molar-refractivity contribution >= 4 is 33.9 Å². The van der Waals surface area contributed by atoms with Gasteiger partial charge in [0.15, 0.2) is 0 Å². The van der Waals surface area contributed by atoms with Gasteiger partial charge in [0, 0.05) is 30.6 Å². The largest absolute Gasteiger partial charge is 0.463 e. The summed E-state index contributed by atoms with van der Waals surface area (Å²) in [7, 11) is -4.60. The molecule has 1 atom stereocenters. The van der Waals surface area contributed by atoms with Crippen LogP contribution in [0, 0.1) is 5.92 Å². The summed E-state index contributed by atoms with van der Waals surface area (Å²) >= 11 is 0. The van der Waals surface area contributed by atoms with Gasteiger partial charge in [-0.15, -0.1) is 3.89 Å². The number of carbonyl (C=O) groups is 2. The summed E-state index contributed by atoms with van der Waals surface area (Å²) in [5.41, 5.74) is 1.35. The summed E-state index contributed by atoms with van der Waals surface area (Å²) in [6.07, 6.45) is 2.90. The highest BCUT2D eigenvalue weighted by Gasteiger charge is 2.33. The minimum atomic E-state index is -4.60. The average molecular weight is 355 g/mol. The Morgan fingerprint density at radius 3 is 2.62 bits per heavy atom. The molecular formula is C16H18FNO5S. The first-order valence-electron chi connectivity index (χ1n) is 7.46. The third kappa shape index (κ3) is 5.16. The van der Waals surface area contributed by atoms with Crippen molar-refractivity contribution in [2.24, 2.45) is 5.92 Å². The summed E-state index contributed by atoms with van der Waals surface area (Å²) in [5.74, 6) is -1.86. The average Bonchev–Trinajstić information content (AvgIpc) is 2.84. The molecule has 1 aromatic rings. The van der Waals surface area contributed by atoms with E-state index in [1.807, 2.05) is 0 Å². The maximum Gasteiger partial charge on any atom is 0.330 e. The fraction of sp³-hybridized carbons (Fsp3) is 0.375. The number of halogens is 1. The first kappa shape index (κ1) is 18.1. The molecule has 130 valence electrons. The summed E-state index contributed by atoms with van der Waals surface area (Å²) in [6, 6.07) is 6.82. The van der Waals surface area contributed by atoms with Crippen LogP contribution in [0.25, 0.3) is 6.08 Å². The normalized spacial score (nSPS) is 18.3. The lowest BCUT2D eigenvalue weighted by Crippen LogP contribution is -2.25. The highest BCUT2D eigenvalue weighted by molar-refractivity contribution is 7.86. The number of nitrogens with zero attached hydrogens (tertiary/aromatic N) is 1.